The molecule has 0 spiro atoms. The molecule has 3 nitrogen and oxygen atoms in total. The van der Waals surface area contributed by atoms with Gasteiger partial charge in [0.25, 0.3) is 0 Å². The van der Waals surface area contributed by atoms with E-state index in [0.717, 1.165) is 6.42 Å². The van der Waals surface area contributed by atoms with Crippen LogP contribution in [0, 0.1) is 0 Å². The van der Waals surface area contributed by atoms with Crippen molar-refractivity contribution >= 4 is 6.03 Å². The van der Waals surface area contributed by atoms with E-state index in [1.807, 2.05) is 20.8 Å². The van der Waals surface area contributed by atoms with Crippen LogP contribution in [0.1, 0.15) is 47.0 Å². The fourth-order valence-corrected chi connectivity index (χ4v) is 0.878. The standard InChI is InChI=1S/C8H18N2O.C2H6/c1-4-5-6-7(2)10-8(11)9-3;1-2/h7H,4-6H2,1-3H3,(H2,9,10,11);1-2H3. The van der Waals surface area contributed by atoms with E-state index in [1.165, 1.54) is 12.8 Å². The third-order valence-electron chi connectivity index (χ3n) is 1.60. The second kappa shape index (κ2) is 11.3. The third kappa shape index (κ3) is 11.3. The van der Waals surface area contributed by atoms with Crippen molar-refractivity contribution in [2.75, 3.05) is 7.05 Å². The number of urea groups is 1. The molecule has 0 saturated heterocycles. The van der Waals surface area contributed by atoms with E-state index in [4.69, 9.17) is 0 Å². The van der Waals surface area contributed by atoms with Crippen LogP contribution in [0.15, 0.2) is 0 Å². The molecule has 2 amide bonds. The molecule has 0 aliphatic carbocycles. The number of carbonyl (C=O) groups excluding carboxylic acids is 1. The largest absolute Gasteiger partial charge is 0.341 e. The number of carbonyl (C=O) groups is 1. The van der Waals surface area contributed by atoms with Crippen LogP contribution in [0.3, 0.4) is 0 Å². The van der Waals surface area contributed by atoms with Crippen LogP contribution in [-0.4, -0.2) is 19.1 Å². The highest BCUT2D eigenvalue weighted by Crippen LogP contribution is 1.98. The van der Waals surface area contributed by atoms with Gasteiger partial charge in [0, 0.05) is 13.1 Å². The first-order valence-corrected chi connectivity index (χ1v) is 5.19. The van der Waals surface area contributed by atoms with E-state index in [0.29, 0.717) is 0 Å². The van der Waals surface area contributed by atoms with Gasteiger partial charge in [-0.3, -0.25) is 0 Å². The summed E-state index contributed by atoms with van der Waals surface area (Å²) in [5, 5.41) is 5.34. The molecule has 1 unspecified atom stereocenters. The molecule has 3 heteroatoms. The molecule has 80 valence electrons. The SMILES string of the molecule is CC.CCCCC(C)NC(=O)NC. The molecule has 0 aromatic heterocycles. The van der Waals surface area contributed by atoms with Crippen molar-refractivity contribution in [3.63, 3.8) is 0 Å². The van der Waals surface area contributed by atoms with Crippen molar-refractivity contribution in [2.45, 2.75) is 53.0 Å². The average Bonchev–Trinajstić information content (AvgIpc) is 2.17. The number of amides is 2. The Bertz CT molecular complexity index is 115. The lowest BCUT2D eigenvalue weighted by Crippen LogP contribution is -2.38. The van der Waals surface area contributed by atoms with Crippen molar-refractivity contribution in [3.05, 3.63) is 0 Å². The van der Waals surface area contributed by atoms with Gasteiger partial charge in [0.1, 0.15) is 0 Å². The van der Waals surface area contributed by atoms with Gasteiger partial charge in [0.15, 0.2) is 0 Å². The zero-order valence-corrected chi connectivity index (χ0v) is 9.61. The van der Waals surface area contributed by atoms with Crippen LogP contribution in [-0.2, 0) is 0 Å². The van der Waals surface area contributed by atoms with E-state index in [2.05, 4.69) is 17.6 Å². The van der Waals surface area contributed by atoms with Gasteiger partial charge in [-0.15, -0.1) is 0 Å². The van der Waals surface area contributed by atoms with Crippen LogP contribution in [0.5, 0.6) is 0 Å². The van der Waals surface area contributed by atoms with Gasteiger partial charge in [0.2, 0.25) is 0 Å². The van der Waals surface area contributed by atoms with Crippen LogP contribution < -0.4 is 10.6 Å². The fourth-order valence-electron chi connectivity index (χ4n) is 0.878. The summed E-state index contributed by atoms with van der Waals surface area (Å²) in [4.78, 5) is 10.8. The molecule has 0 aromatic carbocycles. The Kier molecular flexibility index (Phi) is 12.8. The highest BCUT2D eigenvalue weighted by Gasteiger charge is 2.02. The Morgan fingerprint density at radius 3 is 2.31 bits per heavy atom. The minimum absolute atomic E-state index is 0.0893. The van der Waals surface area contributed by atoms with Crippen molar-refractivity contribution in [1.82, 2.24) is 10.6 Å². The number of unbranched alkanes of at least 4 members (excludes halogenated alkanes) is 1. The normalized spacial score (nSPS) is 10.8. The molecule has 0 saturated carbocycles. The monoisotopic (exact) mass is 188 g/mol. The van der Waals surface area contributed by atoms with Gasteiger partial charge in [0.05, 0.1) is 0 Å². The van der Waals surface area contributed by atoms with Crippen molar-refractivity contribution in [3.8, 4) is 0 Å². The average molecular weight is 188 g/mol. The van der Waals surface area contributed by atoms with Crippen molar-refractivity contribution in [1.29, 1.82) is 0 Å². The zero-order valence-electron chi connectivity index (χ0n) is 9.61. The van der Waals surface area contributed by atoms with Gasteiger partial charge >= 0.3 is 6.03 Å². The second-order valence-corrected chi connectivity index (χ2v) is 2.77. The molecule has 0 aliphatic heterocycles. The summed E-state index contributed by atoms with van der Waals surface area (Å²) in [6, 6.07) is 0.198. The highest BCUT2D eigenvalue weighted by molar-refractivity contribution is 5.73. The first-order valence-electron chi connectivity index (χ1n) is 5.19. The Labute approximate surface area is 82.3 Å². The maximum absolute atomic E-state index is 10.8. The quantitative estimate of drug-likeness (QED) is 0.699. The molecule has 0 radical (unpaired) electrons. The van der Waals surface area contributed by atoms with Crippen LogP contribution in [0.4, 0.5) is 4.79 Å². The number of nitrogens with one attached hydrogen (secondary N) is 2. The van der Waals surface area contributed by atoms with Gasteiger partial charge in [-0.05, 0) is 13.3 Å². The lowest BCUT2D eigenvalue weighted by molar-refractivity contribution is 0.239. The number of hydrogen-bond donors (Lipinski definition) is 2. The molecule has 0 fully saturated rings. The molecule has 0 rings (SSSR count). The van der Waals surface area contributed by atoms with Crippen LogP contribution >= 0.6 is 0 Å². The van der Waals surface area contributed by atoms with E-state index >= 15 is 0 Å². The molecule has 2 N–H and O–H groups in total. The predicted octanol–water partition coefficient (Wildman–Crippen LogP) is 2.52. The smallest absolute Gasteiger partial charge is 0.314 e. The first kappa shape index (κ1) is 14.8. The van der Waals surface area contributed by atoms with Crippen LogP contribution in [0.25, 0.3) is 0 Å². The van der Waals surface area contributed by atoms with Crippen molar-refractivity contribution in [2.24, 2.45) is 0 Å². The summed E-state index contributed by atoms with van der Waals surface area (Å²) in [5.74, 6) is 0. The summed E-state index contributed by atoms with van der Waals surface area (Å²) >= 11 is 0. The van der Waals surface area contributed by atoms with E-state index in [9.17, 15) is 4.79 Å². The molecular weight excluding hydrogens is 164 g/mol. The molecule has 13 heavy (non-hydrogen) atoms. The van der Waals surface area contributed by atoms with E-state index in [1.54, 1.807) is 7.05 Å². The Hall–Kier alpha value is -0.730. The zero-order chi connectivity index (χ0) is 10.7. The third-order valence-corrected chi connectivity index (χ3v) is 1.60. The summed E-state index contributed by atoms with van der Waals surface area (Å²) < 4.78 is 0. The summed E-state index contributed by atoms with van der Waals surface area (Å²) in [6.45, 7) is 8.16. The molecule has 0 heterocycles. The summed E-state index contributed by atoms with van der Waals surface area (Å²) in [7, 11) is 1.63. The lowest BCUT2D eigenvalue weighted by atomic mass is 10.1. The Morgan fingerprint density at radius 1 is 1.38 bits per heavy atom. The van der Waals surface area contributed by atoms with Gasteiger partial charge in [-0.25, -0.2) is 4.79 Å². The van der Waals surface area contributed by atoms with Gasteiger partial charge in [-0.1, -0.05) is 33.6 Å². The molecule has 1 atom stereocenters. The number of rotatable bonds is 4. The van der Waals surface area contributed by atoms with E-state index < -0.39 is 0 Å². The second-order valence-electron chi connectivity index (χ2n) is 2.77. The first-order chi connectivity index (χ1) is 6.20. The fraction of sp³-hybridized carbons (Fsp3) is 0.900. The van der Waals surface area contributed by atoms with Gasteiger partial charge < -0.3 is 10.6 Å². The minimum Gasteiger partial charge on any atom is -0.341 e. The van der Waals surface area contributed by atoms with Gasteiger partial charge in [-0.2, -0.15) is 0 Å². The molecular formula is C10H24N2O. The van der Waals surface area contributed by atoms with Crippen molar-refractivity contribution < 1.29 is 4.79 Å². The van der Waals surface area contributed by atoms with E-state index in [-0.39, 0.29) is 12.1 Å². The summed E-state index contributed by atoms with van der Waals surface area (Å²) in [5.41, 5.74) is 0. The molecule has 0 aromatic rings. The maximum Gasteiger partial charge on any atom is 0.314 e. The maximum atomic E-state index is 10.8. The summed E-state index contributed by atoms with van der Waals surface area (Å²) in [6.07, 6.45) is 3.41. The minimum atomic E-state index is -0.0893. The topological polar surface area (TPSA) is 41.1 Å². The van der Waals surface area contributed by atoms with Crippen LogP contribution in [0.2, 0.25) is 0 Å². The Balaban J connectivity index is 0. The molecule has 0 bridgehead atoms. The predicted molar refractivity (Wildman–Crippen MR) is 57.9 cm³/mol. The Morgan fingerprint density at radius 2 is 1.92 bits per heavy atom. The molecule has 0 aliphatic rings. The lowest BCUT2D eigenvalue weighted by Gasteiger charge is -2.12. The highest BCUT2D eigenvalue weighted by atomic mass is 16.2. The number of hydrogen-bond acceptors (Lipinski definition) is 1.